The lowest BCUT2D eigenvalue weighted by Crippen LogP contribution is -1.72. The summed E-state index contributed by atoms with van der Waals surface area (Å²) in [5, 5.41) is 0. The molecule has 0 rings (SSSR count). The van der Waals surface area contributed by atoms with Crippen molar-refractivity contribution in [2.24, 2.45) is 0 Å². The molecule has 1 heteroatoms. The van der Waals surface area contributed by atoms with Crippen LogP contribution in [0.3, 0.4) is 0 Å². The minimum atomic E-state index is 0.648. The van der Waals surface area contributed by atoms with Gasteiger partial charge in [0.15, 0.2) is 0 Å². The largest absolute Gasteiger partial charge is 0.303 e. The van der Waals surface area contributed by atoms with E-state index in [1.165, 1.54) is 0 Å². The van der Waals surface area contributed by atoms with Gasteiger partial charge in [0, 0.05) is 12.8 Å². The van der Waals surface area contributed by atoms with E-state index in [0.29, 0.717) is 6.42 Å². The molecule has 0 aliphatic carbocycles. The monoisotopic (exact) mass is 110 g/mol. The Bertz CT molecular complexity index is 105. The van der Waals surface area contributed by atoms with E-state index in [0.717, 1.165) is 19.1 Å². The maximum Gasteiger partial charge on any atom is 0.120 e. The summed E-state index contributed by atoms with van der Waals surface area (Å²) in [5.41, 5.74) is 0. The van der Waals surface area contributed by atoms with Crippen LogP contribution < -0.4 is 0 Å². The number of hydrogen-bond donors (Lipinski definition) is 0. The highest BCUT2D eigenvalue weighted by molar-refractivity contribution is 5.49. The van der Waals surface area contributed by atoms with Gasteiger partial charge < -0.3 is 4.79 Å². The second-order valence-electron chi connectivity index (χ2n) is 1.49. The number of hydrogen-bond acceptors (Lipinski definition) is 1. The first-order valence-electron chi connectivity index (χ1n) is 2.75. The molecule has 0 spiro atoms. The summed E-state index contributed by atoms with van der Waals surface area (Å²) < 4.78 is 0. The van der Waals surface area contributed by atoms with E-state index in [2.05, 4.69) is 11.8 Å². The lowest BCUT2D eigenvalue weighted by Gasteiger charge is -1.80. The maximum absolute atomic E-state index is 9.72. The molecule has 0 aliphatic rings. The van der Waals surface area contributed by atoms with Crippen LogP contribution in [0.15, 0.2) is 0 Å². The van der Waals surface area contributed by atoms with Crippen LogP contribution in [0, 0.1) is 11.8 Å². The van der Waals surface area contributed by atoms with E-state index in [-0.39, 0.29) is 0 Å². The predicted octanol–water partition coefficient (Wildman–Crippen LogP) is 1.38. The summed E-state index contributed by atoms with van der Waals surface area (Å²) in [5.74, 6) is 5.63. The van der Waals surface area contributed by atoms with Crippen LogP contribution in [0.4, 0.5) is 0 Å². The number of carbonyl (C=O) groups is 1. The van der Waals surface area contributed by atoms with Gasteiger partial charge in [-0.2, -0.15) is 0 Å². The van der Waals surface area contributed by atoms with Crippen molar-refractivity contribution in [3.05, 3.63) is 0 Å². The summed E-state index contributed by atoms with van der Waals surface area (Å²) in [6.07, 6.45) is 3.34. The molecule has 0 fully saturated rings. The van der Waals surface area contributed by atoms with Crippen LogP contribution in [0.1, 0.15) is 26.2 Å². The lowest BCUT2D eigenvalue weighted by molar-refractivity contribution is -0.107. The first-order valence-corrected chi connectivity index (χ1v) is 2.75. The molecule has 0 unspecified atom stereocenters. The summed E-state index contributed by atoms with van der Waals surface area (Å²) in [4.78, 5) is 9.72. The zero-order chi connectivity index (χ0) is 6.24. The van der Waals surface area contributed by atoms with Crippen LogP contribution >= 0.6 is 0 Å². The van der Waals surface area contributed by atoms with Gasteiger partial charge >= 0.3 is 0 Å². The Kier molecular flexibility index (Phi) is 5.63. The Morgan fingerprint density at radius 2 is 2.38 bits per heavy atom. The van der Waals surface area contributed by atoms with Crippen molar-refractivity contribution in [1.29, 1.82) is 0 Å². The van der Waals surface area contributed by atoms with Gasteiger partial charge in [-0.3, -0.25) is 0 Å². The summed E-state index contributed by atoms with van der Waals surface area (Å²) in [6.45, 7) is 1.81. The van der Waals surface area contributed by atoms with Gasteiger partial charge in [0.05, 0.1) is 0 Å². The van der Waals surface area contributed by atoms with Crippen LogP contribution in [0.5, 0.6) is 0 Å². The van der Waals surface area contributed by atoms with Crippen molar-refractivity contribution in [3.63, 3.8) is 0 Å². The van der Waals surface area contributed by atoms with E-state index in [4.69, 9.17) is 0 Å². The van der Waals surface area contributed by atoms with Gasteiger partial charge in [0.2, 0.25) is 0 Å². The summed E-state index contributed by atoms with van der Waals surface area (Å²) >= 11 is 0. The Morgan fingerprint density at radius 3 is 2.88 bits per heavy atom. The van der Waals surface area contributed by atoms with Gasteiger partial charge in [0.1, 0.15) is 6.29 Å². The third-order valence-corrected chi connectivity index (χ3v) is 0.801. The van der Waals surface area contributed by atoms with Crippen molar-refractivity contribution in [1.82, 2.24) is 0 Å². The van der Waals surface area contributed by atoms with Crippen molar-refractivity contribution >= 4 is 6.29 Å². The van der Waals surface area contributed by atoms with Crippen molar-refractivity contribution in [2.45, 2.75) is 26.2 Å². The lowest BCUT2D eigenvalue weighted by atomic mass is 10.2. The number of unbranched alkanes of at least 4 members (excludes halogenated alkanes) is 2. The fourth-order valence-corrected chi connectivity index (χ4v) is 0.399. The van der Waals surface area contributed by atoms with Gasteiger partial charge in [-0.1, -0.05) is 0 Å². The smallest absolute Gasteiger partial charge is 0.120 e. The molecule has 0 aromatic rings. The molecule has 0 N–H and O–H groups in total. The van der Waals surface area contributed by atoms with Gasteiger partial charge in [0.25, 0.3) is 0 Å². The minimum Gasteiger partial charge on any atom is -0.303 e. The highest BCUT2D eigenvalue weighted by Crippen LogP contribution is 1.88. The van der Waals surface area contributed by atoms with E-state index in [9.17, 15) is 4.79 Å². The van der Waals surface area contributed by atoms with Crippen molar-refractivity contribution in [3.8, 4) is 11.8 Å². The fraction of sp³-hybridized carbons (Fsp3) is 0.571. The molecule has 0 amide bonds. The van der Waals surface area contributed by atoms with Crippen LogP contribution in [0.2, 0.25) is 0 Å². The quantitative estimate of drug-likeness (QED) is 0.305. The number of aldehydes is 1. The Hall–Kier alpha value is -0.770. The third-order valence-electron chi connectivity index (χ3n) is 0.801. The number of carbonyl (C=O) groups excluding carboxylic acids is 1. The summed E-state index contributed by atoms with van der Waals surface area (Å²) in [7, 11) is 0. The maximum atomic E-state index is 9.72. The second kappa shape index (κ2) is 6.23. The van der Waals surface area contributed by atoms with Gasteiger partial charge in [-0.25, -0.2) is 0 Å². The summed E-state index contributed by atoms with van der Waals surface area (Å²) in [6, 6.07) is 0. The van der Waals surface area contributed by atoms with Crippen molar-refractivity contribution in [2.75, 3.05) is 0 Å². The molecular formula is C7H10O. The molecule has 0 radical (unpaired) electrons. The molecule has 0 atom stereocenters. The molecule has 8 heavy (non-hydrogen) atoms. The van der Waals surface area contributed by atoms with Gasteiger partial charge in [-0.15, -0.1) is 11.8 Å². The minimum absolute atomic E-state index is 0.648. The van der Waals surface area contributed by atoms with Crippen LogP contribution in [0.25, 0.3) is 0 Å². The molecule has 0 aliphatic heterocycles. The van der Waals surface area contributed by atoms with E-state index < -0.39 is 0 Å². The molecule has 44 valence electrons. The Balaban J connectivity index is 2.89. The molecule has 0 aromatic heterocycles. The molecule has 0 heterocycles. The molecule has 0 saturated heterocycles. The van der Waals surface area contributed by atoms with E-state index in [1.807, 2.05) is 0 Å². The molecule has 0 saturated carbocycles. The topological polar surface area (TPSA) is 17.1 Å². The Labute approximate surface area is 50.1 Å². The average molecular weight is 110 g/mol. The first kappa shape index (κ1) is 7.23. The molecule has 0 bridgehead atoms. The van der Waals surface area contributed by atoms with E-state index >= 15 is 0 Å². The van der Waals surface area contributed by atoms with Crippen LogP contribution in [-0.2, 0) is 4.79 Å². The first-order chi connectivity index (χ1) is 3.91. The van der Waals surface area contributed by atoms with Gasteiger partial charge in [-0.05, 0) is 13.3 Å². The Morgan fingerprint density at radius 1 is 1.62 bits per heavy atom. The van der Waals surface area contributed by atoms with Crippen molar-refractivity contribution < 1.29 is 4.79 Å². The van der Waals surface area contributed by atoms with E-state index in [1.54, 1.807) is 6.92 Å². The average Bonchev–Trinajstić information content (AvgIpc) is 1.81. The fourth-order valence-electron chi connectivity index (χ4n) is 0.399. The SMILES string of the molecule is CC#CCCCC=O. The molecule has 1 nitrogen and oxygen atoms in total. The number of rotatable bonds is 3. The second-order valence-corrected chi connectivity index (χ2v) is 1.49. The zero-order valence-corrected chi connectivity index (χ0v) is 5.11. The normalized spacial score (nSPS) is 7.12. The molecular weight excluding hydrogens is 100 g/mol. The van der Waals surface area contributed by atoms with Crippen LogP contribution in [-0.4, -0.2) is 6.29 Å². The third kappa shape index (κ3) is 5.23. The molecule has 0 aromatic carbocycles. The zero-order valence-electron chi connectivity index (χ0n) is 5.11. The predicted molar refractivity (Wildman–Crippen MR) is 33.4 cm³/mol. The standard InChI is InChI=1S/C7H10O/c1-2-3-4-5-6-7-8/h7H,4-6H2,1H3. The highest BCUT2D eigenvalue weighted by atomic mass is 16.1. The highest BCUT2D eigenvalue weighted by Gasteiger charge is 1.78.